The van der Waals surface area contributed by atoms with E-state index in [0.29, 0.717) is 18.6 Å². The summed E-state index contributed by atoms with van der Waals surface area (Å²) in [4.78, 5) is 5.05. The molecule has 2 N–H and O–H groups in total. The van der Waals surface area contributed by atoms with Crippen LogP contribution in [0, 0.1) is 0 Å². The molecule has 3 heteroatoms. The van der Waals surface area contributed by atoms with Crippen molar-refractivity contribution < 1.29 is 0 Å². The highest BCUT2D eigenvalue weighted by molar-refractivity contribution is 5.25. The molecule has 0 amide bonds. The zero-order valence-corrected chi connectivity index (χ0v) is 13.9. The van der Waals surface area contributed by atoms with Gasteiger partial charge in [-0.15, -0.1) is 0 Å². The summed E-state index contributed by atoms with van der Waals surface area (Å²) in [5.74, 6) is 0. The SMILES string of the molecule is CCc1ccc(C(CN)N(C)C2CCN(CC)CC2)cc1. The van der Waals surface area contributed by atoms with Gasteiger partial charge in [-0.25, -0.2) is 0 Å². The Hall–Kier alpha value is -0.900. The first kappa shape index (κ1) is 16.5. The van der Waals surface area contributed by atoms with Crippen LogP contribution in [0.3, 0.4) is 0 Å². The second-order valence-electron chi connectivity index (χ2n) is 6.18. The van der Waals surface area contributed by atoms with Crippen molar-refractivity contribution in [2.24, 2.45) is 5.73 Å². The van der Waals surface area contributed by atoms with Crippen molar-refractivity contribution in [3.8, 4) is 0 Å². The summed E-state index contributed by atoms with van der Waals surface area (Å²) in [6.07, 6.45) is 3.61. The third-order valence-corrected chi connectivity index (χ3v) is 5.07. The average Bonchev–Trinajstić information content (AvgIpc) is 2.56. The molecular formula is C18H31N3. The number of piperidine rings is 1. The lowest BCUT2D eigenvalue weighted by atomic mass is 9.97. The van der Waals surface area contributed by atoms with E-state index in [1.54, 1.807) is 0 Å². The fourth-order valence-electron chi connectivity index (χ4n) is 3.41. The van der Waals surface area contributed by atoms with Crippen molar-refractivity contribution >= 4 is 0 Å². The Kier molecular flexibility index (Phi) is 6.22. The first-order chi connectivity index (χ1) is 10.2. The lowest BCUT2D eigenvalue weighted by Gasteiger charge is -2.40. The number of benzene rings is 1. The molecule has 1 aromatic carbocycles. The smallest absolute Gasteiger partial charge is 0.0470 e. The first-order valence-corrected chi connectivity index (χ1v) is 8.42. The van der Waals surface area contributed by atoms with Gasteiger partial charge in [0, 0.05) is 18.6 Å². The van der Waals surface area contributed by atoms with Gasteiger partial charge in [-0.3, -0.25) is 4.90 Å². The van der Waals surface area contributed by atoms with Gasteiger partial charge in [0.1, 0.15) is 0 Å². The molecule has 1 saturated heterocycles. The fourth-order valence-corrected chi connectivity index (χ4v) is 3.41. The molecule has 1 heterocycles. The van der Waals surface area contributed by atoms with Gasteiger partial charge in [0.2, 0.25) is 0 Å². The Morgan fingerprint density at radius 3 is 2.29 bits per heavy atom. The van der Waals surface area contributed by atoms with E-state index in [4.69, 9.17) is 5.73 Å². The van der Waals surface area contributed by atoms with Crippen LogP contribution in [0.25, 0.3) is 0 Å². The van der Waals surface area contributed by atoms with Gasteiger partial charge in [0.05, 0.1) is 0 Å². The molecule has 0 aliphatic carbocycles. The molecule has 0 radical (unpaired) electrons. The molecule has 1 aliphatic heterocycles. The molecule has 0 bridgehead atoms. The molecule has 1 fully saturated rings. The highest BCUT2D eigenvalue weighted by atomic mass is 15.2. The minimum atomic E-state index is 0.342. The van der Waals surface area contributed by atoms with Crippen molar-refractivity contribution in [1.29, 1.82) is 0 Å². The summed E-state index contributed by atoms with van der Waals surface area (Å²) in [7, 11) is 2.25. The molecule has 0 spiro atoms. The number of hydrogen-bond donors (Lipinski definition) is 1. The summed E-state index contributed by atoms with van der Waals surface area (Å²) in [6, 6.07) is 10.0. The third-order valence-electron chi connectivity index (χ3n) is 5.07. The number of nitrogens with zero attached hydrogens (tertiary/aromatic N) is 2. The fraction of sp³-hybridized carbons (Fsp3) is 0.667. The zero-order valence-electron chi connectivity index (χ0n) is 13.9. The van der Waals surface area contributed by atoms with E-state index in [1.807, 2.05) is 0 Å². The Morgan fingerprint density at radius 1 is 1.19 bits per heavy atom. The second-order valence-corrected chi connectivity index (χ2v) is 6.18. The second kappa shape index (κ2) is 7.92. The molecular weight excluding hydrogens is 258 g/mol. The maximum Gasteiger partial charge on any atom is 0.0470 e. The molecule has 1 aromatic rings. The summed E-state index contributed by atoms with van der Waals surface area (Å²) in [5, 5.41) is 0. The maximum absolute atomic E-state index is 6.08. The number of rotatable bonds is 6. The summed E-state index contributed by atoms with van der Waals surface area (Å²) >= 11 is 0. The van der Waals surface area contributed by atoms with E-state index in [1.165, 1.54) is 43.6 Å². The first-order valence-electron chi connectivity index (χ1n) is 8.42. The lowest BCUT2D eigenvalue weighted by Crippen LogP contribution is -2.45. The van der Waals surface area contributed by atoms with Gasteiger partial charge >= 0.3 is 0 Å². The Balaban J connectivity index is 2.02. The predicted octanol–water partition coefficient (Wildman–Crippen LogP) is 2.66. The van der Waals surface area contributed by atoms with Gasteiger partial charge in [-0.2, -0.15) is 0 Å². The van der Waals surface area contributed by atoms with Crippen molar-refractivity contribution in [2.45, 2.75) is 45.2 Å². The Labute approximate surface area is 130 Å². The van der Waals surface area contributed by atoms with Gasteiger partial charge in [0.25, 0.3) is 0 Å². The molecule has 2 rings (SSSR count). The van der Waals surface area contributed by atoms with E-state index in [0.717, 1.165) is 6.42 Å². The minimum Gasteiger partial charge on any atom is -0.329 e. The van der Waals surface area contributed by atoms with Crippen LogP contribution in [-0.4, -0.2) is 49.1 Å². The molecule has 1 aliphatic rings. The number of likely N-dealkylation sites (N-methyl/N-ethyl adjacent to an activating group) is 1. The summed E-state index contributed by atoms with van der Waals surface area (Å²) in [6.45, 7) is 8.76. The van der Waals surface area contributed by atoms with E-state index in [9.17, 15) is 0 Å². The highest BCUT2D eigenvalue weighted by Gasteiger charge is 2.26. The third kappa shape index (κ3) is 4.06. The largest absolute Gasteiger partial charge is 0.329 e. The molecule has 1 unspecified atom stereocenters. The maximum atomic E-state index is 6.08. The summed E-state index contributed by atoms with van der Waals surface area (Å²) in [5.41, 5.74) is 8.84. The molecule has 0 saturated carbocycles. The molecule has 3 nitrogen and oxygen atoms in total. The monoisotopic (exact) mass is 289 g/mol. The standard InChI is InChI=1S/C18H31N3/c1-4-15-6-8-16(9-7-15)18(14-19)20(3)17-10-12-21(5-2)13-11-17/h6-9,17-18H,4-5,10-14,19H2,1-3H3. The molecule has 0 aromatic heterocycles. The van der Waals surface area contributed by atoms with Crippen molar-refractivity contribution in [2.75, 3.05) is 33.2 Å². The van der Waals surface area contributed by atoms with Crippen molar-refractivity contribution in [1.82, 2.24) is 9.80 Å². The van der Waals surface area contributed by atoms with Crippen LogP contribution in [0.4, 0.5) is 0 Å². The Morgan fingerprint density at radius 2 is 1.81 bits per heavy atom. The molecule has 21 heavy (non-hydrogen) atoms. The minimum absolute atomic E-state index is 0.342. The molecule has 118 valence electrons. The Bertz CT molecular complexity index is 407. The zero-order chi connectivity index (χ0) is 15.2. The van der Waals surface area contributed by atoms with E-state index < -0.39 is 0 Å². The topological polar surface area (TPSA) is 32.5 Å². The van der Waals surface area contributed by atoms with Crippen LogP contribution in [0.1, 0.15) is 43.9 Å². The predicted molar refractivity (Wildman–Crippen MR) is 90.5 cm³/mol. The average molecular weight is 289 g/mol. The lowest BCUT2D eigenvalue weighted by molar-refractivity contribution is 0.101. The highest BCUT2D eigenvalue weighted by Crippen LogP contribution is 2.25. The van der Waals surface area contributed by atoms with Crippen LogP contribution in [0.5, 0.6) is 0 Å². The number of hydrogen-bond acceptors (Lipinski definition) is 3. The number of aryl methyl sites for hydroxylation is 1. The van der Waals surface area contributed by atoms with E-state index >= 15 is 0 Å². The van der Waals surface area contributed by atoms with Gasteiger partial charge in [0.15, 0.2) is 0 Å². The van der Waals surface area contributed by atoms with Gasteiger partial charge in [-0.1, -0.05) is 38.1 Å². The summed E-state index contributed by atoms with van der Waals surface area (Å²) < 4.78 is 0. The van der Waals surface area contributed by atoms with Gasteiger partial charge in [-0.05, 0) is 57.1 Å². The van der Waals surface area contributed by atoms with Crippen LogP contribution in [0.2, 0.25) is 0 Å². The van der Waals surface area contributed by atoms with Gasteiger partial charge < -0.3 is 10.6 Å². The molecule has 1 atom stereocenters. The van der Waals surface area contributed by atoms with Crippen LogP contribution in [-0.2, 0) is 6.42 Å². The quantitative estimate of drug-likeness (QED) is 0.874. The van der Waals surface area contributed by atoms with Crippen LogP contribution in [0.15, 0.2) is 24.3 Å². The van der Waals surface area contributed by atoms with E-state index in [2.05, 4.69) is 55.0 Å². The normalized spacial score (nSPS) is 19.1. The van der Waals surface area contributed by atoms with E-state index in [-0.39, 0.29) is 0 Å². The van der Waals surface area contributed by atoms with Crippen molar-refractivity contribution in [3.63, 3.8) is 0 Å². The van der Waals surface area contributed by atoms with Crippen molar-refractivity contribution in [3.05, 3.63) is 35.4 Å². The van der Waals surface area contributed by atoms with Crippen LogP contribution >= 0.6 is 0 Å². The number of likely N-dealkylation sites (tertiary alicyclic amines) is 1. The van der Waals surface area contributed by atoms with Crippen LogP contribution < -0.4 is 5.73 Å². The number of nitrogens with two attached hydrogens (primary N) is 1.